The lowest BCUT2D eigenvalue weighted by atomic mass is 9.67. The first-order valence-corrected chi connectivity index (χ1v) is 10.1. The van der Waals surface area contributed by atoms with Gasteiger partial charge in [-0.15, -0.1) is 0 Å². The first-order valence-electron chi connectivity index (χ1n) is 9.32. The van der Waals surface area contributed by atoms with Crippen molar-refractivity contribution in [1.82, 2.24) is 14.8 Å². The number of fused-ring (bicyclic) bond motifs is 4. The number of anilines is 1. The molecule has 0 spiro atoms. The molecule has 8 heteroatoms. The quantitative estimate of drug-likeness (QED) is 0.845. The van der Waals surface area contributed by atoms with E-state index in [1.807, 2.05) is 0 Å². The van der Waals surface area contributed by atoms with E-state index < -0.39 is 17.0 Å². The maximum atomic E-state index is 13.9. The molecular weight excluding hydrogens is 370 g/mol. The SMILES string of the molecule is CN(C)CCN1CC2(C(=O)Nc3nc4c(F)cc(F)cc4s3)CCC1CC2. The fourth-order valence-electron chi connectivity index (χ4n) is 4.33. The lowest BCUT2D eigenvalue weighted by Crippen LogP contribution is -2.59. The van der Waals surface area contributed by atoms with Crippen molar-refractivity contribution in [2.75, 3.05) is 39.0 Å². The zero-order valence-electron chi connectivity index (χ0n) is 15.6. The van der Waals surface area contributed by atoms with Gasteiger partial charge >= 0.3 is 0 Å². The molecule has 27 heavy (non-hydrogen) atoms. The van der Waals surface area contributed by atoms with Crippen molar-refractivity contribution < 1.29 is 13.6 Å². The Kier molecular flexibility index (Phi) is 4.90. The molecule has 3 heterocycles. The van der Waals surface area contributed by atoms with Crippen molar-refractivity contribution in [2.45, 2.75) is 31.7 Å². The standard InChI is InChI=1S/C19H24F2N4OS/c1-24(2)7-8-25-11-19(5-3-13(25)4-6-19)17(26)23-18-22-16-14(21)9-12(20)10-15(16)27-18/h9-10,13H,3-8,11H2,1-2H3,(H,22,23,26). The van der Waals surface area contributed by atoms with E-state index in [2.05, 4.69) is 34.2 Å². The van der Waals surface area contributed by atoms with E-state index in [1.54, 1.807) is 0 Å². The Bertz CT molecular complexity index is 861. The molecule has 1 saturated carbocycles. The van der Waals surface area contributed by atoms with Gasteiger partial charge < -0.3 is 10.2 Å². The monoisotopic (exact) mass is 394 g/mol. The minimum atomic E-state index is -0.701. The normalized spacial score (nSPS) is 25.4. The molecular formula is C19H24F2N4OS. The summed E-state index contributed by atoms with van der Waals surface area (Å²) >= 11 is 1.11. The van der Waals surface area contributed by atoms with Gasteiger partial charge in [0.15, 0.2) is 10.9 Å². The second kappa shape index (κ2) is 7.07. The summed E-state index contributed by atoms with van der Waals surface area (Å²) in [6.07, 6.45) is 3.80. The molecule has 1 aromatic heterocycles. The van der Waals surface area contributed by atoms with E-state index in [0.29, 0.717) is 15.9 Å². The van der Waals surface area contributed by atoms with E-state index in [1.165, 1.54) is 6.07 Å². The number of carbonyl (C=O) groups is 1. The smallest absolute Gasteiger partial charge is 0.233 e. The first kappa shape index (κ1) is 18.7. The van der Waals surface area contributed by atoms with Gasteiger partial charge in [0.2, 0.25) is 5.91 Å². The molecule has 5 nitrogen and oxygen atoms in total. The Balaban J connectivity index is 1.51. The van der Waals surface area contributed by atoms with Crippen LogP contribution >= 0.6 is 11.3 Å². The van der Waals surface area contributed by atoms with Crippen molar-refractivity contribution in [3.63, 3.8) is 0 Å². The predicted octanol–water partition coefficient (Wildman–Crippen LogP) is 3.32. The van der Waals surface area contributed by atoms with Gasteiger partial charge in [-0.3, -0.25) is 9.69 Å². The number of thiazole rings is 1. The zero-order valence-corrected chi connectivity index (χ0v) is 16.4. The van der Waals surface area contributed by atoms with Crippen LogP contribution in [0.15, 0.2) is 12.1 Å². The van der Waals surface area contributed by atoms with E-state index in [0.717, 1.165) is 62.7 Å². The van der Waals surface area contributed by atoms with Gasteiger partial charge in [0.25, 0.3) is 0 Å². The highest BCUT2D eigenvalue weighted by molar-refractivity contribution is 7.22. The summed E-state index contributed by atoms with van der Waals surface area (Å²) in [6.45, 7) is 2.68. The molecule has 1 aromatic carbocycles. The summed E-state index contributed by atoms with van der Waals surface area (Å²) in [7, 11) is 4.11. The molecule has 0 radical (unpaired) electrons. The van der Waals surface area contributed by atoms with Crippen LogP contribution in [0.3, 0.4) is 0 Å². The Morgan fingerprint density at radius 2 is 2.11 bits per heavy atom. The molecule has 1 N–H and O–H groups in total. The molecule has 2 saturated heterocycles. The molecule has 0 atom stereocenters. The van der Waals surface area contributed by atoms with E-state index in [4.69, 9.17) is 0 Å². The highest BCUT2D eigenvalue weighted by Crippen LogP contribution is 2.45. The topological polar surface area (TPSA) is 48.5 Å². The van der Waals surface area contributed by atoms with Crippen molar-refractivity contribution in [3.05, 3.63) is 23.8 Å². The van der Waals surface area contributed by atoms with Crippen LogP contribution in [0, 0.1) is 17.0 Å². The predicted molar refractivity (Wildman–Crippen MR) is 103 cm³/mol. The largest absolute Gasteiger partial charge is 0.308 e. The molecule has 3 fully saturated rings. The maximum absolute atomic E-state index is 13.9. The van der Waals surface area contributed by atoms with Crippen molar-refractivity contribution >= 4 is 32.6 Å². The number of carbonyl (C=O) groups excluding carboxylic acids is 1. The number of nitrogens with zero attached hydrogens (tertiary/aromatic N) is 3. The van der Waals surface area contributed by atoms with Crippen LogP contribution in [0.1, 0.15) is 25.7 Å². The minimum Gasteiger partial charge on any atom is -0.308 e. The first-order chi connectivity index (χ1) is 12.9. The fraction of sp³-hybridized carbons (Fsp3) is 0.579. The third-order valence-electron chi connectivity index (χ3n) is 5.88. The number of aromatic nitrogens is 1. The van der Waals surface area contributed by atoms with Crippen molar-refractivity contribution in [1.29, 1.82) is 0 Å². The van der Waals surface area contributed by atoms with E-state index in [-0.39, 0.29) is 11.4 Å². The average molecular weight is 394 g/mol. The summed E-state index contributed by atoms with van der Waals surface area (Å²) in [5, 5.41) is 3.23. The number of rotatable bonds is 5. The van der Waals surface area contributed by atoms with Crippen molar-refractivity contribution in [3.8, 4) is 0 Å². The van der Waals surface area contributed by atoms with E-state index >= 15 is 0 Å². The Morgan fingerprint density at radius 1 is 1.37 bits per heavy atom. The molecule has 2 aromatic rings. The van der Waals surface area contributed by atoms with Crippen LogP contribution in [0.5, 0.6) is 0 Å². The summed E-state index contributed by atoms with van der Waals surface area (Å²) in [5.41, 5.74) is -0.308. The number of nitrogens with one attached hydrogen (secondary N) is 1. The lowest BCUT2D eigenvalue weighted by molar-refractivity contribution is -0.135. The number of likely N-dealkylation sites (N-methyl/N-ethyl adjacent to an activating group) is 1. The second-order valence-electron chi connectivity index (χ2n) is 7.99. The van der Waals surface area contributed by atoms with Crippen LogP contribution in [0.4, 0.5) is 13.9 Å². The van der Waals surface area contributed by atoms with Crippen LogP contribution in [-0.2, 0) is 4.79 Å². The number of amides is 1. The number of benzene rings is 1. The third-order valence-corrected chi connectivity index (χ3v) is 6.80. The van der Waals surface area contributed by atoms with Crippen LogP contribution < -0.4 is 5.32 Å². The lowest BCUT2D eigenvalue weighted by Gasteiger charge is -2.51. The van der Waals surface area contributed by atoms with Gasteiger partial charge in [0, 0.05) is 31.7 Å². The summed E-state index contributed by atoms with van der Waals surface area (Å²) in [5.74, 6) is -1.38. The number of hydrogen-bond acceptors (Lipinski definition) is 5. The molecule has 146 valence electrons. The summed E-state index contributed by atoms with van der Waals surface area (Å²) in [4.78, 5) is 21.9. The second-order valence-corrected chi connectivity index (χ2v) is 9.02. The van der Waals surface area contributed by atoms with Gasteiger partial charge in [-0.05, 0) is 45.8 Å². The van der Waals surface area contributed by atoms with Gasteiger partial charge in [-0.25, -0.2) is 13.8 Å². The minimum absolute atomic E-state index is 0.0459. The Morgan fingerprint density at radius 3 is 2.81 bits per heavy atom. The Labute approximate surface area is 161 Å². The molecule has 0 unspecified atom stereocenters. The van der Waals surface area contributed by atoms with E-state index in [9.17, 15) is 13.6 Å². The van der Waals surface area contributed by atoms with Gasteiger partial charge in [-0.1, -0.05) is 11.3 Å². The van der Waals surface area contributed by atoms with Crippen LogP contribution in [0.25, 0.3) is 10.2 Å². The van der Waals surface area contributed by atoms with Crippen LogP contribution in [-0.4, -0.2) is 60.5 Å². The molecule has 2 bridgehead atoms. The summed E-state index contributed by atoms with van der Waals surface area (Å²) < 4.78 is 27.7. The van der Waals surface area contributed by atoms with Gasteiger partial charge in [-0.2, -0.15) is 0 Å². The zero-order chi connectivity index (χ0) is 19.2. The van der Waals surface area contributed by atoms with Gasteiger partial charge in [0.1, 0.15) is 11.3 Å². The Hall–Kier alpha value is -1.64. The average Bonchev–Trinajstić information content (AvgIpc) is 3.03. The fourth-order valence-corrected chi connectivity index (χ4v) is 5.23. The maximum Gasteiger partial charge on any atom is 0.233 e. The molecule has 2 aliphatic heterocycles. The van der Waals surface area contributed by atoms with Gasteiger partial charge in [0.05, 0.1) is 10.1 Å². The highest BCUT2D eigenvalue weighted by Gasteiger charge is 2.49. The highest BCUT2D eigenvalue weighted by atomic mass is 32.1. The summed E-state index contributed by atoms with van der Waals surface area (Å²) in [6, 6.07) is 2.63. The third kappa shape index (κ3) is 3.58. The number of halogens is 2. The number of piperidine rings is 2. The van der Waals surface area contributed by atoms with Crippen molar-refractivity contribution in [2.24, 2.45) is 5.41 Å². The molecule has 1 aliphatic carbocycles. The van der Waals surface area contributed by atoms with Crippen LogP contribution in [0.2, 0.25) is 0 Å². The number of hydrogen-bond donors (Lipinski definition) is 1. The molecule has 1 amide bonds. The molecule has 3 aliphatic rings. The molecule has 5 rings (SSSR count).